The van der Waals surface area contributed by atoms with Crippen LogP contribution in [-0.2, 0) is 0 Å². The van der Waals surface area contributed by atoms with Gasteiger partial charge >= 0.3 is 0 Å². The maximum absolute atomic E-state index is 11.7. The molecule has 0 aliphatic heterocycles. The Balaban J connectivity index is 2.61. The van der Waals surface area contributed by atoms with Gasteiger partial charge in [0.2, 0.25) is 0 Å². The number of thiophene rings is 1. The van der Waals surface area contributed by atoms with Gasteiger partial charge in [-0.25, -0.2) is 0 Å². The summed E-state index contributed by atoms with van der Waals surface area (Å²) in [6.45, 7) is 1.93. The molecule has 15 heavy (non-hydrogen) atoms. The van der Waals surface area contributed by atoms with Gasteiger partial charge in [0, 0.05) is 12.6 Å². The lowest BCUT2D eigenvalue weighted by atomic mass is 10.2. The number of aliphatic hydroxyl groups is 1. The van der Waals surface area contributed by atoms with Crippen LogP contribution in [0, 0.1) is 0 Å². The zero-order valence-electron chi connectivity index (χ0n) is 8.82. The highest BCUT2D eigenvalue weighted by atomic mass is 32.1. The van der Waals surface area contributed by atoms with Crippen LogP contribution in [0.15, 0.2) is 11.4 Å². The Hall–Kier alpha value is -1.07. The quantitative estimate of drug-likeness (QED) is 0.799. The Labute approximate surface area is 92.9 Å². The summed E-state index contributed by atoms with van der Waals surface area (Å²) in [4.78, 5) is 12.3. The minimum Gasteiger partial charge on any atom is -0.495 e. The molecule has 84 valence electrons. The highest BCUT2D eigenvalue weighted by Gasteiger charge is 2.15. The van der Waals surface area contributed by atoms with Gasteiger partial charge in [0.05, 0.1) is 7.11 Å². The first-order chi connectivity index (χ1) is 7.19. The molecule has 5 heteroatoms. The van der Waals surface area contributed by atoms with Crippen LogP contribution in [0.4, 0.5) is 0 Å². The molecule has 4 nitrogen and oxygen atoms in total. The minimum absolute atomic E-state index is 0.0330. The summed E-state index contributed by atoms with van der Waals surface area (Å²) in [6, 6.07) is 1.73. The zero-order valence-corrected chi connectivity index (χ0v) is 9.63. The van der Waals surface area contributed by atoms with Gasteiger partial charge in [0.15, 0.2) is 0 Å². The van der Waals surface area contributed by atoms with E-state index >= 15 is 0 Å². The average Bonchev–Trinajstić information content (AvgIpc) is 2.65. The van der Waals surface area contributed by atoms with Crippen LogP contribution in [0.2, 0.25) is 0 Å². The van der Waals surface area contributed by atoms with Crippen molar-refractivity contribution in [3.8, 4) is 5.75 Å². The Morgan fingerprint density at radius 2 is 2.47 bits per heavy atom. The summed E-state index contributed by atoms with van der Waals surface area (Å²) < 4.78 is 5.05. The van der Waals surface area contributed by atoms with E-state index in [0.29, 0.717) is 17.0 Å². The van der Waals surface area contributed by atoms with E-state index in [0.717, 1.165) is 0 Å². The molecular formula is C10H15NO3S. The molecule has 0 aromatic carbocycles. The Kier molecular flexibility index (Phi) is 4.58. The van der Waals surface area contributed by atoms with E-state index in [1.807, 2.05) is 12.3 Å². The van der Waals surface area contributed by atoms with Crippen LogP contribution < -0.4 is 10.1 Å². The Morgan fingerprint density at radius 1 is 1.73 bits per heavy atom. The topological polar surface area (TPSA) is 58.6 Å². The first-order valence-corrected chi connectivity index (χ1v) is 5.60. The highest BCUT2D eigenvalue weighted by molar-refractivity contribution is 7.12. The van der Waals surface area contributed by atoms with Gasteiger partial charge in [-0.05, 0) is 24.8 Å². The normalized spacial score (nSPS) is 12.2. The van der Waals surface area contributed by atoms with Crippen molar-refractivity contribution in [2.75, 3.05) is 13.7 Å². The fourth-order valence-electron chi connectivity index (χ4n) is 1.18. The summed E-state index contributed by atoms with van der Waals surface area (Å²) in [6.07, 6.45) is 0.555. The zero-order chi connectivity index (χ0) is 11.3. The third-order valence-electron chi connectivity index (χ3n) is 1.99. The average molecular weight is 229 g/mol. The number of nitrogens with one attached hydrogen (secondary N) is 1. The summed E-state index contributed by atoms with van der Waals surface area (Å²) in [5.74, 6) is 0.441. The molecule has 1 amide bonds. The van der Waals surface area contributed by atoms with Crippen molar-refractivity contribution in [3.63, 3.8) is 0 Å². The smallest absolute Gasteiger partial charge is 0.265 e. The first-order valence-electron chi connectivity index (χ1n) is 4.72. The van der Waals surface area contributed by atoms with Crippen LogP contribution in [0.3, 0.4) is 0 Å². The molecule has 1 rings (SSSR count). The van der Waals surface area contributed by atoms with Gasteiger partial charge < -0.3 is 15.2 Å². The molecule has 0 bridgehead atoms. The molecule has 0 fully saturated rings. The van der Waals surface area contributed by atoms with Gasteiger partial charge in [-0.1, -0.05) is 0 Å². The molecule has 1 aromatic heterocycles. The van der Waals surface area contributed by atoms with E-state index in [1.165, 1.54) is 18.4 Å². The maximum atomic E-state index is 11.7. The van der Waals surface area contributed by atoms with Gasteiger partial charge in [-0.3, -0.25) is 4.79 Å². The van der Waals surface area contributed by atoms with Crippen molar-refractivity contribution in [1.82, 2.24) is 5.32 Å². The monoisotopic (exact) mass is 229 g/mol. The van der Waals surface area contributed by atoms with Crippen LogP contribution in [0.25, 0.3) is 0 Å². The van der Waals surface area contributed by atoms with Gasteiger partial charge in [-0.15, -0.1) is 11.3 Å². The number of hydrogen-bond acceptors (Lipinski definition) is 4. The molecule has 0 saturated carbocycles. The van der Waals surface area contributed by atoms with E-state index in [4.69, 9.17) is 9.84 Å². The maximum Gasteiger partial charge on any atom is 0.265 e. The van der Waals surface area contributed by atoms with E-state index in [1.54, 1.807) is 6.07 Å². The van der Waals surface area contributed by atoms with Crippen molar-refractivity contribution >= 4 is 17.2 Å². The molecule has 1 heterocycles. The molecule has 1 atom stereocenters. The molecule has 2 N–H and O–H groups in total. The lowest BCUT2D eigenvalue weighted by Crippen LogP contribution is -2.32. The van der Waals surface area contributed by atoms with Gasteiger partial charge in [0.1, 0.15) is 10.6 Å². The number of hydrogen-bond donors (Lipinski definition) is 2. The lowest BCUT2D eigenvalue weighted by molar-refractivity contribution is 0.0936. The van der Waals surface area contributed by atoms with E-state index in [9.17, 15) is 4.79 Å². The standard InChI is InChI=1S/C10H15NO3S/c1-7(3-5-12)11-10(13)9-8(14-2)4-6-15-9/h4,6-7,12H,3,5H2,1-2H3,(H,11,13). The van der Waals surface area contributed by atoms with Gasteiger partial charge in [0.25, 0.3) is 5.91 Å². The van der Waals surface area contributed by atoms with E-state index in [-0.39, 0.29) is 18.6 Å². The predicted molar refractivity (Wildman–Crippen MR) is 59.5 cm³/mol. The third kappa shape index (κ3) is 3.21. The van der Waals surface area contributed by atoms with Crippen molar-refractivity contribution in [3.05, 3.63) is 16.3 Å². The summed E-state index contributed by atoms with van der Waals surface area (Å²) in [7, 11) is 1.54. The van der Waals surface area contributed by atoms with Crippen LogP contribution in [0.1, 0.15) is 23.0 Å². The molecule has 0 aliphatic carbocycles. The number of methoxy groups -OCH3 is 1. The Bertz CT molecular complexity index is 324. The van der Waals surface area contributed by atoms with Crippen LogP contribution >= 0.6 is 11.3 Å². The van der Waals surface area contributed by atoms with Crippen LogP contribution in [-0.4, -0.2) is 30.8 Å². The van der Waals surface area contributed by atoms with E-state index < -0.39 is 0 Å². The van der Waals surface area contributed by atoms with Gasteiger partial charge in [-0.2, -0.15) is 0 Å². The number of aliphatic hydroxyl groups excluding tert-OH is 1. The van der Waals surface area contributed by atoms with Crippen molar-refractivity contribution < 1.29 is 14.6 Å². The third-order valence-corrected chi connectivity index (χ3v) is 2.89. The first kappa shape index (κ1) is 12.0. The van der Waals surface area contributed by atoms with Crippen molar-refractivity contribution in [2.24, 2.45) is 0 Å². The number of carbonyl (C=O) groups excluding carboxylic acids is 1. The molecular weight excluding hydrogens is 214 g/mol. The fraction of sp³-hybridized carbons (Fsp3) is 0.500. The second-order valence-electron chi connectivity index (χ2n) is 3.20. The summed E-state index contributed by atoms with van der Waals surface area (Å²) >= 11 is 1.34. The molecule has 1 unspecified atom stereocenters. The van der Waals surface area contributed by atoms with Crippen molar-refractivity contribution in [1.29, 1.82) is 0 Å². The highest BCUT2D eigenvalue weighted by Crippen LogP contribution is 2.24. The molecule has 0 aliphatic rings. The molecule has 0 saturated heterocycles. The van der Waals surface area contributed by atoms with E-state index in [2.05, 4.69) is 5.32 Å². The number of amides is 1. The predicted octanol–water partition coefficient (Wildman–Crippen LogP) is 1.26. The second-order valence-corrected chi connectivity index (χ2v) is 4.12. The molecule has 0 radical (unpaired) electrons. The number of carbonyl (C=O) groups is 1. The number of ether oxygens (including phenoxy) is 1. The Morgan fingerprint density at radius 3 is 3.07 bits per heavy atom. The second kappa shape index (κ2) is 5.72. The summed E-state index contributed by atoms with van der Waals surface area (Å²) in [5, 5.41) is 13.3. The fourth-order valence-corrected chi connectivity index (χ4v) is 1.94. The molecule has 0 spiro atoms. The molecule has 1 aromatic rings. The van der Waals surface area contributed by atoms with Crippen molar-refractivity contribution in [2.45, 2.75) is 19.4 Å². The lowest BCUT2D eigenvalue weighted by Gasteiger charge is -2.11. The minimum atomic E-state index is -0.150. The summed E-state index contributed by atoms with van der Waals surface area (Å²) in [5.41, 5.74) is 0. The SMILES string of the molecule is COc1ccsc1C(=O)NC(C)CCO. The largest absolute Gasteiger partial charge is 0.495 e. The number of rotatable bonds is 5. The van der Waals surface area contributed by atoms with Crippen LogP contribution in [0.5, 0.6) is 5.75 Å².